The molecule has 0 saturated carbocycles. The van der Waals surface area contributed by atoms with Gasteiger partial charge in [-0.05, 0) is 5.92 Å². The maximum atomic E-state index is 14.8. The molecule has 1 aliphatic carbocycles. The van der Waals surface area contributed by atoms with Gasteiger partial charge in [-0.1, -0.05) is 25.2 Å². The van der Waals surface area contributed by atoms with E-state index < -0.39 is 17.7 Å². The number of halogens is 1. The second-order valence-electron chi connectivity index (χ2n) is 6.30. The van der Waals surface area contributed by atoms with Crippen LogP contribution in [0.5, 0.6) is 0 Å². The maximum Gasteiger partial charge on any atom is 0.335 e. The fourth-order valence-corrected chi connectivity index (χ4v) is 3.46. The average molecular weight is 328 g/mol. The molecule has 24 heavy (non-hydrogen) atoms. The van der Waals surface area contributed by atoms with E-state index in [2.05, 4.69) is 0 Å². The van der Waals surface area contributed by atoms with Gasteiger partial charge in [0.1, 0.15) is 5.78 Å². The van der Waals surface area contributed by atoms with Gasteiger partial charge in [-0.25, -0.2) is 9.18 Å². The van der Waals surface area contributed by atoms with Crippen LogP contribution in [0.4, 0.5) is 4.39 Å². The van der Waals surface area contributed by atoms with Crippen molar-refractivity contribution >= 4 is 11.8 Å². The zero-order valence-corrected chi connectivity index (χ0v) is 13.3. The van der Waals surface area contributed by atoms with Crippen LogP contribution in [-0.2, 0) is 9.59 Å². The summed E-state index contributed by atoms with van der Waals surface area (Å²) >= 11 is 0. The van der Waals surface area contributed by atoms with Crippen LogP contribution in [0.3, 0.4) is 0 Å². The van der Waals surface area contributed by atoms with Gasteiger partial charge >= 0.3 is 5.97 Å². The van der Waals surface area contributed by atoms with Crippen molar-refractivity contribution in [2.75, 3.05) is 13.1 Å². The Labute approximate surface area is 139 Å². The second kappa shape index (κ2) is 6.08. The van der Waals surface area contributed by atoms with Crippen molar-refractivity contribution in [3.05, 3.63) is 46.5 Å². The number of nitrogens with zero attached hydrogens (tertiary/aromatic N) is 2. The average Bonchev–Trinajstić information content (AvgIpc) is 2.54. The van der Waals surface area contributed by atoms with Crippen molar-refractivity contribution in [1.82, 2.24) is 4.90 Å². The van der Waals surface area contributed by atoms with E-state index in [1.54, 1.807) is 11.0 Å². The molecule has 0 amide bonds. The number of nitriles is 1. The number of ketones is 1. The Kier molecular flexibility index (Phi) is 4.10. The molecule has 124 valence electrons. The van der Waals surface area contributed by atoms with E-state index in [4.69, 9.17) is 5.26 Å². The predicted molar refractivity (Wildman–Crippen MR) is 84.1 cm³/mol. The first-order chi connectivity index (χ1) is 11.4. The molecule has 0 fully saturated rings. The van der Waals surface area contributed by atoms with Gasteiger partial charge in [0.2, 0.25) is 0 Å². The van der Waals surface area contributed by atoms with Crippen LogP contribution in [0.2, 0.25) is 0 Å². The molecule has 6 heteroatoms. The molecule has 3 aliphatic rings. The number of aliphatic carboxylic acids is 1. The largest absolute Gasteiger partial charge is 0.478 e. The molecule has 0 radical (unpaired) electrons. The van der Waals surface area contributed by atoms with Gasteiger partial charge in [0.05, 0.1) is 28.8 Å². The number of rotatable bonds is 2. The fraction of sp³-hybridized carbons (Fsp3) is 0.389. The standard InChI is InChI=1S/C18H17FN2O3/c1-10-2-3-12(14(22)8-10)15-13(18(23)24)5-7-21-6-4-11(9-20)16(19)17(15)21/h2-3,5,10,12H,4,6-8H2,1H3,(H,23,24). The number of Topliss-reactive ketones (excluding diaryl/α,β-unsaturated/α-hetero) is 1. The van der Waals surface area contributed by atoms with Crippen molar-refractivity contribution in [1.29, 1.82) is 5.26 Å². The van der Waals surface area contributed by atoms with Gasteiger partial charge in [-0.3, -0.25) is 4.79 Å². The summed E-state index contributed by atoms with van der Waals surface area (Å²) in [7, 11) is 0. The summed E-state index contributed by atoms with van der Waals surface area (Å²) in [5.41, 5.74) is 0.223. The molecule has 2 atom stereocenters. The monoisotopic (exact) mass is 328 g/mol. The first kappa shape index (κ1) is 16.2. The Morgan fingerprint density at radius 1 is 1.46 bits per heavy atom. The van der Waals surface area contributed by atoms with Crippen molar-refractivity contribution < 1.29 is 19.1 Å². The minimum absolute atomic E-state index is 0.00555. The summed E-state index contributed by atoms with van der Waals surface area (Å²) in [6.45, 7) is 2.59. The molecule has 0 aromatic carbocycles. The van der Waals surface area contributed by atoms with Crippen LogP contribution >= 0.6 is 0 Å². The number of fused-ring (bicyclic) bond motifs is 1. The van der Waals surface area contributed by atoms with Gasteiger partial charge < -0.3 is 10.0 Å². The highest BCUT2D eigenvalue weighted by atomic mass is 19.1. The first-order valence-electron chi connectivity index (χ1n) is 7.87. The van der Waals surface area contributed by atoms with E-state index in [-0.39, 0.29) is 47.1 Å². The Balaban J connectivity index is 2.23. The van der Waals surface area contributed by atoms with Gasteiger partial charge in [0, 0.05) is 31.5 Å². The normalized spacial score (nSPS) is 27.0. The Hall–Kier alpha value is -2.68. The predicted octanol–water partition coefficient (Wildman–Crippen LogP) is 2.50. The lowest BCUT2D eigenvalue weighted by Crippen LogP contribution is -2.37. The summed E-state index contributed by atoms with van der Waals surface area (Å²) in [5.74, 6) is -2.72. The number of carboxylic acid groups (broad SMARTS) is 1. The first-order valence-corrected chi connectivity index (χ1v) is 7.87. The van der Waals surface area contributed by atoms with Crippen molar-refractivity contribution in [3.63, 3.8) is 0 Å². The smallest absolute Gasteiger partial charge is 0.335 e. The number of carbonyl (C=O) groups is 2. The molecule has 1 N–H and O–H groups in total. The molecule has 0 aromatic rings. The summed E-state index contributed by atoms with van der Waals surface area (Å²) in [6.07, 6.45) is 5.60. The van der Waals surface area contributed by atoms with Crippen LogP contribution in [-0.4, -0.2) is 34.8 Å². The van der Waals surface area contributed by atoms with Gasteiger partial charge in [-0.2, -0.15) is 5.26 Å². The topological polar surface area (TPSA) is 81.4 Å². The van der Waals surface area contributed by atoms with Crippen LogP contribution in [0.25, 0.3) is 0 Å². The highest BCUT2D eigenvalue weighted by Gasteiger charge is 2.38. The number of carbonyl (C=O) groups excluding carboxylic acids is 1. The van der Waals surface area contributed by atoms with E-state index in [0.29, 0.717) is 13.0 Å². The highest BCUT2D eigenvalue weighted by Crippen LogP contribution is 2.40. The van der Waals surface area contributed by atoms with Crippen LogP contribution in [0.1, 0.15) is 19.8 Å². The second-order valence-corrected chi connectivity index (χ2v) is 6.30. The summed E-state index contributed by atoms with van der Waals surface area (Å²) in [4.78, 5) is 25.8. The molecular weight excluding hydrogens is 311 g/mol. The van der Waals surface area contributed by atoms with E-state index in [0.717, 1.165) is 0 Å². The zero-order valence-electron chi connectivity index (χ0n) is 13.3. The lowest BCUT2D eigenvalue weighted by molar-refractivity contribution is -0.132. The third-order valence-electron chi connectivity index (χ3n) is 4.66. The molecule has 5 nitrogen and oxygen atoms in total. The number of hydrogen-bond donors (Lipinski definition) is 1. The third kappa shape index (κ3) is 2.56. The molecule has 0 spiro atoms. The van der Waals surface area contributed by atoms with Crippen LogP contribution in [0, 0.1) is 23.2 Å². The Bertz CT molecular complexity index is 783. The van der Waals surface area contributed by atoms with Crippen molar-refractivity contribution in [2.45, 2.75) is 19.8 Å². The molecule has 0 saturated heterocycles. The van der Waals surface area contributed by atoms with Crippen molar-refractivity contribution in [2.24, 2.45) is 11.8 Å². The molecule has 2 aliphatic heterocycles. The Morgan fingerprint density at radius 2 is 2.21 bits per heavy atom. The van der Waals surface area contributed by atoms with Crippen LogP contribution in [0.15, 0.2) is 46.5 Å². The van der Waals surface area contributed by atoms with Gasteiger partial charge in [0.25, 0.3) is 0 Å². The number of carboxylic acids is 1. The fourth-order valence-electron chi connectivity index (χ4n) is 3.46. The molecule has 0 bridgehead atoms. The number of hydrogen-bond acceptors (Lipinski definition) is 4. The summed E-state index contributed by atoms with van der Waals surface area (Å²) in [6, 6.07) is 1.85. The molecule has 3 rings (SSSR count). The maximum absolute atomic E-state index is 14.8. The van der Waals surface area contributed by atoms with Crippen molar-refractivity contribution in [3.8, 4) is 6.07 Å². The third-order valence-corrected chi connectivity index (χ3v) is 4.66. The minimum atomic E-state index is -1.19. The van der Waals surface area contributed by atoms with E-state index in [1.165, 1.54) is 6.08 Å². The van der Waals surface area contributed by atoms with Crippen LogP contribution < -0.4 is 0 Å². The van der Waals surface area contributed by atoms with E-state index in [9.17, 15) is 19.1 Å². The quantitative estimate of drug-likeness (QED) is 0.788. The lowest BCUT2D eigenvalue weighted by Gasteiger charge is -2.37. The van der Waals surface area contributed by atoms with E-state index in [1.807, 2.05) is 19.1 Å². The zero-order chi connectivity index (χ0) is 17.4. The molecule has 2 heterocycles. The van der Waals surface area contributed by atoms with E-state index >= 15 is 0 Å². The number of allylic oxidation sites excluding steroid dienone is 3. The van der Waals surface area contributed by atoms with Gasteiger partial charge in [0.15, 0.2) is 5.83 Å². The summed E-state index contributed by atoms with van der Waals surface area (Å²) < 4.78 is 14.8. The highest BCUT2D eigenvalue weighted by molar-refractivity contribution is 5.98. The minimum Gasteiger partial charge on any atom is -0.478 e. The molecule has 2 unspecified atom stereocenters. The SMILES string of the molecule is CC1C=CC(C2=C3C(F)=C(C#N)CCN3CC=C2C(=O)O)C(=O)C1. The Morgan fingerprint density at radius 3 is 2.83 bits per heavy atom. The van der Waals surface area contributed by atoms with Gasteiger partial charge in [-0.15, -0.1) is 0 Å². The summed E-state index contributed by atoms with van der Waals surface area (Å²) in [5, 5.41) is 18.6. The molecular formula is C18H17FN2O3. The lowest BCUT2D eigenvalue weighted by atomic mass is 9.78. The molecule has 0 aromatic heterocycles.